The minimum Gasteiger partial charge on any atom is -0.431 e. The molecule has 0 saturated heterocycles. The number of halogens is 4. The number of nitrogens with one attached hydrogen (secondary N) is 1. The van der Waals surface area contributed by atoms with Crippen LogP contribution in [0.2, 0.25) is 5.02 Å². The summed E-state index contributed by atoms with van der Waals surface area (Å²) < 4.78 is 30.0. The molecule has 1 fully saturated rings. The summed E-state index contributed by atoms with van der Waals surface area (Å²) in [5.41, 5.74) is 0.504. The molecular weight excluding hydrogens is 352 g/mol. The predicted molar refractivity (Wildman–Crippen MR) is 80.8 cm³/mol. The molecule has 0 heterocycles. The molecule has 1 N–H and O–H groups in total. The van der Waals surface area contributed by atoms with Gasteiger partial charge in [0.15, 0.2) is 5.75 Å². The minimum absolute atomic E-state index is 0.106. The minimum atomic E-state index is -2.87. The van der Waals surface area contributed by atoms with Crippen molar-refractivity contribution in [1.82, 2.24) is 0 Å². The van der Waals surface area contributed by atoms with Crippen molar-refractivity contribution in [2.24, 2.45) is 5.92 Å². The maximum atomic E-state index is 12.5. The quantitative estimate of drug-likeness (QED) is 0.720. The molecule has 6 heteroatoms. The second kappa shape index (κ2) is 6.94. The van der Waals surface area contributed by atoms with Crippen LogP contribution in [-0.4, -0.2) is 12.7 Å². The molecule has 0 aromatic heterocycles. The number of benzene rings is 1. The average molecular weight is 369 g/mol. The Labute approximate surface area is 131 Å². The molecule has 112 valence electrons. The van der Waals surface area contributed by atoms with Crippen LogP contribution in [0.4, 0.5) is 14.5 Å². The van der Waals surface area contributed by atoms with Crippen LogP contribution >= 0.6 is 27.5 Å². The SMILES string of the molecule is CC(Nc1cc(Cl)cc(Br)c1OC(F)F)C1CCCC1. The average Bonchev–Trinajstić information content (AvgIpc) is 2.87. The fourth-order valence-corrected chi connectivity index (χ4v) is 3.60. The van der Waals surface area contributed by atoms with Gasteiger partial charge in [0, 0.05) is 11.1 Å². The second-order valence-corrected chi connectivity index (χ2v) is 6.41. The summed E-state index contributed by atoms with van der Waals surface area (Å²) in [6.07, 6.45) is 4.80. The van der Waals surface area contributed by atoms with Crippen molar-refractivity contribution in [3.63, 3.8) is 0 Å². The van der Waals surface area contributed by atoms with Crippen LogP contribution in [0.1, 0.15) is 32.6 Å². The van der Waals surface area contributed by atoms with E-state index in [0.717, 1.165) is 0 Å². The topological polar surface area (TPSA) is 21.3 Å². The molecular formula is C14H17BrClF2NO. The molecule has 0 radical (unpaired) electrons. The number of anilines is 1. The zero-order valence-corrected chi connectivity index (χ0v) is 13.5. The summed E-state index contributed by atoms with van der Waals surface area (Å²) in [5.74, 6) is 0.668. The molecule has 1 aliphatic rings. The van der Waals surface area contributed by atoms with E-state index in [4.69, 9.17) is 11.6 Å². The molecule has 1 atom stereocenters. The van der Waals surface area contributed by atoms with Gasteiger partial charge in [0.1, 0.15) is 0 Å². The lowest BCUT2D eigenvalue weighted by molar-refractivity contribution is -0.0499. The predicted octanol–water partition coefficient (Wildman–Crippen LogP) is 5.69. The largest absolute Gasteiger partial charge is 0.431 e. The third-order valence-corrected chi connectivity index (χ3v) is 4.51. The van der Waals surface area contributed by atoms with Gasteiger partial charge in [-0.25, -0.2) is 0 Å². The molecule has 1 unspecified atom stereocenters. The van der Waals surface area contributed by atoms with Gasteiger partial charge in [0.25, 0.3) is 0 Å². The van der Waals surface area contributed by atoms with E-state index in [1.165, 1.54) is 25.7 Å². The van der Waals surface area contributed by atoms with E-state index >= 15 is 0 Å². The maximum Gasteiger partial charge on any atom is 0.387 e. The second-order valence-electron chi connectivity index (χ2n) is 5.12. The zero-order valence-electron chi connectivity index (χ0n) is 11.1. The van der Waals surface area contributed by atoms with Crippen LogP contribution in [-0.2, 0) is 0 Å². The molecule has 0 aliphatic heterocycles. The van der Waals surface area contributed by atoms with Crippen LogP contribution in [0.15, 0.2) is 16.6 Å². The van der Waals surface area contributed by atoms with Crippen molar-refractivity contribution < 1.29 is 13.5 Å². The molecule has 1 saturated carbocycles. The Balaban J connectivity index is 2.19. The van der Waals surface area contributed by atoms with E-state index in [2.05, 4.69) is 32.9 Å². The third-order valence-electron chi connectivity index (χ3n) is 3.71. The van der Waals surface area contributed by atoms with Gasteiger partial charge in [0.05, 0.1) is 10.2 Å². The molecule has 0 bridgehead atoms. The Morgan fingerprint density at radius 2 is 2.00 bits per heavy atom. The molecule has 2 rings (SSSR count). The van der Waals surface area contributed by atoms with Gasteiger partial charge in [-0.2, -0.15) is 8.78 Å². The third kappa shape index (κ3) is 3.98. The van der Waals surface area contributed by atoms with Gasteiger partial charge in [-0.1, -0.05) is 24.4 Å². The normalized spacial score (nSPS) is 17.5. The fourth-order valence-electron chi connectivity index (χ4n) is 2.70. The molecule has 1 aromatic rings. The summed E-state index contributed by atoms with van der Waals surface area (Å²) >= 11 is 9.21. The van der Waals surface area contributed by atoms with Gasteiger partial charge in [-0.05, 0) is 53.7 Å². The maximum absolute atomic E-state index is 12.5. The van der Waals surface area contributed by atoms with Gasteiger partial charge in [-0.3, -0.25) is 0 Å². The number of ether oxygens (including phenoxy) is 1. The van der Waals surface area contributed by atoms with E-state index < -0.39 is 6.61 Å². The molecule has 0 amide bonds. The highest BCUT2D eigenvalue weighted by Gasteiger charge is 2.23. The Kier molecular flexibility index (Phi) is 5.49. The van der Waals surface area contributed by atoms with Crippen molar-refractivity contribution in [2.75, 3.05) is 5.32 Å². The number of rotatable bonds is 5. The van der Waals surface area contributed by atoms with Gasteiger partial charge >= 0.3 is 6.61 Å². The van der Waals surface area contributed by atoms with Crippen molar-refractivity contribution in [1.29, 1.82) is 0 Å². The Bertz CT molecular complexity index is 467. The number of hydrogen-bond acceptors (Lipinski definition) is 2. The monoisotopic (exact) mass is 367 g/mol. The summed E-state index contributed by atoms with van der Waals surface area (Å²) in [7, 11) is 0. The first-order valence-electron chi connectivity index (χ1n) is 6.67. The fraction of sp³-hybridized carbons (Fsp3) is 0.571. The summed E-state index contributed by atoms with van der Waals surface area (Å²) in [6.45, 7) is -0.799. The number of hydrogen-bond donors (Lipinski definition) is 1. The Morgan fingerprint density at radius 1 is 1.35 bits per heavy atom. The Hall–Kier alpha value is -0.550. The summed E-state index contributed by atoms with van der Waals surface area (Å²) in [6, 6.07) is 3.36. The van der Waals surface area contributed by atoms with E-state index in [9.17, 15) is 8.78 Å². The van der Waals surface area contributed by atoms with Crippen molar-refractivity contribution in [3.8, 4) is 5.75 Å². The van der Waals surface area contributed by atoms with E-state index in [-0.39, 0.29) is 11.8 Å². The lowest BCUT2D eigenvalue weighted by Crippen LogP contribution is -2.24. The first-order valence-corrected chi connectivity index (χ1v) is 7.85. The van der Waals surface area contributed by atoms with E-state index in [1.807, 2.05) is 0 Å². The Morgan fingerprint density at radius 3 is 2.60 bits per heavy atom. The van der Waals surface area contributed by atoms with Crippen molar-refractivity contribution in [3.05, 3.63) is 21.6 Å². The van der Waals surface area contributed by atoms with Crippen LogP contribution in [0.5, 0.6) is 5.75 Å². The first-order chi connectivity index (χ1) is 9.47. The van der Waals surface area contributed by atoms with E-state index in [1.54, 1.807) is 12.1 Å². The van der Waals surface area contributed by atoms with Crippen molar-refractivity contribution >= 4 is 33.2 Å². The van der Waals surface area contributed by atoms with E-state index in [0.29, 0.717) is 21.1 Å². The lowest BCUT2D eigenvalue weighted by atomic mass is 9.99. The standard InChI is InChI=1S/C14H17BrClF2NO/c1-8(9-4-2-3-5-9)19-12-7-10(16)6-11(15)13(12)20-14(17)18/h6-9,14,19H,2-5H2,1H3. The van der Waals surface area contributed by atoms with Gasteiger partial charge < -0.3 is 10.1 Å². The van der Waals surface area contributed by atoms with Crippen LogP contribution in [0.25, 0.3) is 0 Å². The van der Waals surface area contributed by atoms with Gasteiger partial charge in [-0.15, -0.1) is 0 Å². The molecule has 1 aliphatic carbocycles. The van der Waals surface area contributed by atoms with Crippen LogP contribution < -0.4 is 10.1 Å². The zero-order chi connectivity index (χ0) is 14.7. The lowest BCUT2D eigenvalue weighted by Gasteiger charge is -2.23. The van der Waals surface area contributed by atoms with Crippen molar-refractivity contribution in [2.45, 2.75) is 45.3 Å². The number of alkyl halides is 2. The summed E-state index contributed by atoms with van der Waals surface area (Å²) in [4.78, 5) is 0. The molecule has 2 nitrogen and oxygen atoms in total. The first kappa shape index (κ1) is 15.8. The highest BCUT2D eigenvalue weighted by Crippen LogP contribution is 2.39. The van der Waals surface area contributed by atoms with Crippen LogP contribution in [0, 0.1) is 5.92 Å². The highest BCUT2D eigenvalue weighted by molar-refractivity contribution is 9.10. The highest BCUT2D eigenvalue weighted by atomic mass is 79.9. The molecule has 0 spiro atoms. The van der Waals surface area contributed by atoms with Crippen LogP contribution in [0.3, 0.4) is 0 Å². The smallest absolute Gasteiger partial charge is 0.387 e. The summed E-state index contributed by atoms with van der Waals surface area (Å²) in [5, 5.41) is 3.74. The molecule has 1 aromatic carbocycles. The van der Waals surface area contributed by atoms with Gasteiger partial charge in [0.2, 0.25) is 0 Å². The molecule has 20 heavy (non-hydrogen) atoms.